The molecule has 3 aromatic rings. The molecular formula is C19H19N3O2. The number of benzene rings is 1. The third-order valence-corrected chi connectivity index (χ3v) is 3.68. The Morgan fingerprint density at radius 3 is 2.79 bits per heavy atom. The molecule has 0 radical (unpaired) electrons. The first-order valence-electron chi connectivity index (χ1n) is 7.89. The van der Waals surface area contributed by atoms with E-state index in [2.05, 4.69) is 15.0 Å². The zero-order chi connectivity index (χ0) is 16.9. The Morgan fingerprint density at radius 1 is 1.25 bits per heavy atom. The van der Waals surface area contributed by atoms with Crippen LogP contribution in [0, 0.1) is 5.92 Å². The second-order valence-electron chi connectivity index (χ2n) is 5.79. The number of H-pyrrole nitrogens is 1. The number of carbonyl (C=O) groups excluding carboxylic acids is 1. The zero-order valence-corrected chi connectivity index (χ0v) is 13.7. The maximum atomic E-state index is 11.7. The number of ketones is 1. The lowest BCUT2D eigenvalue weighted by atomic mass is 10.1. The van der Waals surface area contributed by atoms with Crippen molar-refractivity contribution in [3.63, 3.8) is 0 Å². The molecule has 1 aromatic carbocycles. The number of hydrogen-bond acceptors (Lipinski definition) is 4. The van der Waals surface area contributed by atoms with E-state index in [1.165, 1.54) is 6.33 Å². The van der Waals surface area contributed by atoms with Gasteiger partial charge < -0.3 is 9.72 Å². The van der Waals surface area contributed by atoms with Gasteiger partial charge in [-0.15, -0.1) is 0 Å². The van der Waals surface area contributed by atoms with Gasteiger partial charge in [0.25, 0.3) is 0 Å². The van der Waals surface area contributed by atoms with E-state index in [1.54, 1.807) is 0 Å². The minimum Gasteiger partial charge on any atom is -0.438 e. The average Bonchev–Trinajstić information content (AvgIpc) is 3.00. The quantitative estimate of drug-likeness (QED) is 0.731. The Morgan fingerprint density at radius 2 is 2.04 bits per heavy atom. The number of hydrogen-bond donors (Lipinski definition) is 1. The molecule has 2 heterocycles. The van der Waals surface area contributed by atoms with Crippen LogP contribution in [0.1, 0.15) is 25.8 Å². The monoisotopic (exact) mass is 321 g/mol. The zero-order valence-electron chi connectivity index (χ0n) is 13.7. The molecule has 5 heteroatoms. The number of rotatable bonds is 6. The number of carbonyl (C=O) groups is 1. The summed E-state index contributed by atoms with van der Waals surface area (Å²) in [5.41, 5.74) is 1.60. The summed E-state index contributed by atoms with van der Waals surface area (Å²) >= 11 is 0. The van der Waals surface area contributed by atoms with Crippen LogP contribution >= 0.6 is 0 Å². The highest BCUT2D eigenvalue weighted by atomic mass is 16.5. The predicted octanol–water partition coefficient (Wildman–Crippen LogP) is 4.38. The minimum atomic E-state index is 0.0397. The van der Waals surface area contributed by atoms with E-state index in [4.69, 9.17) is 4.74 Å². The molecule has 0 aliphatic carbocycles. The molecule has 0 aliphatic rings. The molecule has 0 fully saturated rings. The van der Waals surface area contributed by atoms with Crippen LogP contribution in [0.5, 0.6) is 11.6 Å². The van der Waals surface area contributed by atoms with Gasteiger partial charge in [0, 0.05) is 24.1 Å². The summed E-state index contributed by atoms with van der Waals surface area (Å²) in [6, 6.07) is 9.49. The van der Waals surface area contributed by atoms with E-state index in [9.17, 15) is 4.79 Å². The molecule has 0 atom stereocenters. The highest BCUT2D eigenvalue weighted by Crippen LogP contribution is 2.29. The summed E-state index contributed by atoms with van der Waals surface area (Å²) in [6.45, 7) is 3.81. The van der Waals surface area contributed by atoms with Crippen LogP contribution in [-0.2, 0) is 4.79 Å². The highest BCUT2D eigenvalue weighted by Gasteiger charge is 2.12. The van der Waals surface area contributed by atoms with Gasteiger partial charge in [-0.1, -0.05) is 44.2 Å². The van der Waals surface area contributed by atoms with E-state index < -0.39 is 0 Å². The van der Waals surface area contributed by atoms with Crippen molar-refractivity contribution in [1.82, 2.24) is 15.0 Å². The number of ether oxygens (including phenoxy) is 1. The fourth-order valence-electron chi connectivity index (χ4n) is 2.30. The molecule has 0 spiro atoms. The SMILES string of the molecule is CC(C)C(=O)C/C=C/c1c[nH]c2ncnc(Oc3ccccc3)c12. The number of fused-ring (bicyclic) bond motifs is 1. The van der Waals surface area contributed by atoms with Crippen molar-refractivity contribution in [3.8, 4) is 11.6 Å². The number of allylic oxidation sites excluding steroid dienone is 1. The van der Waals surface area contributed by atoms with Crippen molar-refractivity contribution >= 4 is 22.9 Å². The maximum Gasteiger partial charge on any atom is 0.232 e. The summed E-state index contributed by atoms with van der Waals surface area (Å²) < 4.78 is 5.88. The molecule has 5 nitrogen and oxygen atoms in total. The molecule has 3 rings (SSSR count). The van der Waals surface area contributed by atoms with Gasteiger partial charge >= 0.3 is 0 Å². The van der Waals surface area contributed by atoms with Gasteiger partial charge in [-0.25, -0.2) is 9.97 Å². The Balaban J connectivity index is 1.89. The van der Waals surface area contributed by atoms with Crippen molar-refractivity contribution in [2.75, 3.05) is 0 Å². The fraction of sp³-hybridized carbons (Fsp3) is 0.211. The second-order valence-corrected chi connectivity index (χ2v) is 5.79. The Kier molecular flexibility index (Phi) is 4.70. The van der Waals surface area contributed by atoms with Crippen LogP contribution < -0.4 is 4.74 Å². The van der Waals surface area contributed by atoms with E-state index >= 15 is 0 Å². The number of nitrogens with zero attached hydrogens (tertiary/aromatic N) is 2. The third-order valence-electron chi connectivity index (χ3n) is 3.68. The van der Waals surface area contributed by atoms with Crippen LogP contribution in [0.2, 0.25) is 0 Å². The topological polar surface area (TPSA) is 67.9 Å². The van der Waals surface area contributed by atoms with Crippen LogP contribution in [0.3, 0.4) is 0 Å². The summed E-state index contributed by atoms with van der Waals surface area (Å²) in [4.78, 5) is 23.3. The lowest BCUT2D eigenvalue weighted by molar-refractivity contribution is -0.121. The van der Waals surface area contributed by atoms with Gasteiger partial charge in [-0.2, -0.15) is 0 Å². The first-order chi connectivity index (χ1) is 11.6. The first kappa shape index (κ1) is 15.9. The van der Waals surface area contributed by atoms with Crippen LogP contribution in [0.15, 0.2) is 48.9 Å². The van der Waals surface area contributed by atoms with Crippen molar-refractivity contribution in [1.29, 1.82) is 0 Å². The average molecular weight is 321 g/mol. The summed E-state index contributed by atoms with van der Waals surface area (Å²) in [5.74, 6) is 1.45. The van der Waals surface area contributed by atoms with Gasteiger partial charge in [-0.05, 0) is 12.1 Å². The largest absolute Gasteiger partial charge is 0.438 e. The van der Waals surface area contributed by atoms with Gasteiger partial charge in [0.1, 0.15) is 23.5 Å². The van der Waals surface area contributed by atoms with Crippen molar-refractivity contribution in [2.24, 2.45) is 5.92 Å². The van der Waals surface area contributed by atoms with Crippen LogP contribution in [0.25, 0.3) is 17.1 Å². The second kappa shape index (κ2) is 7.08. The molecule has 24 heavy (non-hydrogen) atoms. The molecule has 0 aliphatic heterocycles. The normalized spacial score (nSPS) is 11.5. The Labute approximate surface area is 140 Å². The Hall–Kier alpha value is -2.95. The minimum absolute atomic E-state index is 0.0397. The molecule has 1 N–H and O–H groups in total. The number of aromatic amines is 1. The van der Waals surface area contributed by atoms with Crippen molar-refractivity contribution in [3.05, 3.63) is 54.5 Å². The molecule has 0 saturated heterocycles. The smallest absolute Gasteiger partial charge is 0.232 e. The lowest BCUT2D eigenvalue weighted by Gasteiger charge is -2.05. The molecule has 0 saturated carbocycles. The number of para-hydroxylation sites is 1. The van der Waals surface area contributed by atoms with Crippen LogP contribution in [-0.4, -0.2) is 20.7 Å². The molecule has 0 unspecified atom stereocenters. The number of aromatic nitrogens is 3. The Bertz CT molecular complexity index is 867. The van der Waals surface area contributed by atoms with E-state index in [0.717, 1.165) is 10.9 Å². The molecule has 2 aromatic heterocycles. The molecule has 0 bridgehead atoms. The third kappa shape index (κ3) is 3.51. The standard InChI is InChI=1S/C19H19N3O2/c1-13(2)16(23)10-6-7-14-11-20-18-17(14)19(22-12-21-18)24-15-8-4-3-5-9-15/h3-9,11-13H,10H2,1-2H3,(H,20,21,22)/b7-6+. The first-order valence-corrected chi connectivity index (χ1v) is 7.89. The highest BCUT2D eigenvalue weighted by molar-refractivity contribution is 5.91. The lowest BCUT2D eigenvalue weighted by Crippen LogP contribution is -2.04. The van der Waals surface area contributed by atoms with Gasteiger partial charge in [0.15, 0.2) is 0 Å². The molecular weight excluding hydrogens is 302 g/mol. The van der Waals surface area contributed by atoms with Crippen molar-refractivity contribution in [2.45, 2.75) is 20.3 Å². The summed E-state index contributed by atoms with van der Waals surface area (Å²) in [6.07, 6.45) is 7.48. The predicted molar refractivity (Wildman–Crippen MR) is 93.9 cm³/mol. The number of nitrogens with one attached hydrogen (secondary N) is 1. The van der Waals surface area contributed by atoms with Gasteiger partial charge in [0.05, 0.1) is 5.39 Å². The maximum absolute atomic E-state index is 11.7. The van der Waals surface area contributed by atoms with E-state index in [0.29, 0.717) is 23.7 Å². The van der Waals surface area contributed by atoms with Crippen LogP contribution in [0.4, 0.5) is 0 Å². The van der Waals surface area contributed by atoms with Gasteiger partial charge in [0.2, 0.25) is 5.88 Å². The van der Waals surface area contributed by atoms with E-state index in [-0.39, 0.29) is 11.7 Å². The summed E-state index contributed by atoms with van der Waals surface area (Å²) in [7, 11) is 0. The molecule has 0 amide bonds. The fourth-order valence-corrected chi connectivity index (χ4v) is 2.30. The van der Waals surface area contributed by atoms with Gasteiger partial charge in [-0.3, -0.25) is 4.79 Å². The van der Waals surface area contributed by atoms with E-state index in [1.807, 2.05) is 62.5 Å². The number of Topliss-reactive ketones (excluding diaryl/α,β-unsaturated/α-hetero) is 1. The summed E-state index contributed by atoms with van der Waals surface area (Å²) in [5, 5.41) is 0.801. The molecule has 122 valence electrons. The van der Waals surface area contributed by atoms with Crippen molar-refractivity contribution < 1.29 is 9.53 Å².